The van der Waals surface area contributed by atoms with E-state index in [0.29, 0.717) is 6.54 Å². The molecule has 0 aliphatic rings. The van der Waals surface area contributed by atoms with Crippen molar-refractivity contribution in [2.75, 3.05) is 7.05 Å². The molecule has 0 atom stereocenters. The molecule has 0 saturated heterocycles. The van der Waals surface area contributed by atoms with Gasteiger partial charge in [-0.15, -0.1) is 16.4 Å². The van der Waals surface area contributed by atoms with E-state index in [0.717, 1.165) is 22.9 Å². The fraction of sp³-hybridized carbons (Fsp3) is 0.583. The number of hydrogen-bond acceptors (Lipinski definition) is 5. The average Bonchev–Trinajstić information content (AvgIpc) is 2.88. The molecule has 18 heavy (non-hydrogen) atoms. The van der Waals surface area contributed by atoms with Crippen molar-refractivity contribution in [2.45, 2.75) is 39.3 Å². The van der Waals surface area contributed by atoms with Gasteiger partial charge in [0.15, 0.2) is 0 Å². The Hall–Kier alpha value is -1.27. The summed E-state index contributed by atoms with van der Waals surface area (Å²) in [6.07, 6.45) is 1.95. The molecule has 0 radical (unpaired) electrons. The van der Waals surface area contributed by atoms with E-state index in [1.807, 2.05) is 17.9 Å². The van der Waals surface area contributed by atoms with Crippen LogP contribution in [0.25, 0.3) is 0 Å². The lowest BCUT2D eigenvalue weighted by molar-refractivity contribution is 0.577. The number of nitrogens with zero attached hydrogens (tertiary/aromatic N) is 4. The first-order valence-electron chi connectivity index (χ1n) is 5.97. The highest BCUT2D eigenvalue weighted by atomic mass is 32.1. The van der Waals surface area contributed by atoms with Crippen LogP contribution in [0, 0.1) is 0 Å². The van der Waals surface area contributed by atoms with Crippen LogP contribution in [0.5, 0.6) is 0 Å². The molecule has 0 saturated carbocycles. The minimum Gasteiger partial charge on any atom is -0.314 e. The maximum absolute atomic E-state index is 4.65. The van der Waals surface area contributed by atoms with Crippen molar-refractivity contribution in [1.82, 2.24) is 25.3 Å². The number of nitrogens with one attached hydrogen (secondary N) is 1. The zero-order valence-electron chi connectivity index (χ0n) is 11.3. The van der Waals surface area contributed by atoms with Gasteiger partial charge in [0.05, 0.1) is 29.1 Å². The molecular formula is C12H19N5S. The molecule has 0 unspecified atom stereocenters. The number of rotatable bonds is 4. The molecule has 0 aromatic carbocycles. The second-order valence-electron chi connectivity index (χ2n) is 5.33. The Morgan fingerprint density at radius 1 is 1.33 bits per heavy atom. The number of thiazole rings is 1. The predicted octanol–water partition coefficient (Wildman–Crippen LogP) is 1.80. The topological polar surface area (TPSA) is 55.6 Å². The Kier molecular flexibility index (Phi) is 3.77. The van der Waals surface area contributed by atoms with Crippen molar-refractivity contribution < 1.29 is 0 Å². The van der Waals surface area contributed by atoms with Gasteiger partial charge >= 0.3 is 0 Å². The van der Waals surface area contributed by atoms with Crippen LogP contribution in [0.2, 0.25) is 0 Å². The highest BCUT2D eigenvalue weighted by Gasteiger charge is 2.18. The Morgan fingerprint density at radius 2 is 2.11 bits per heavy atom. The van der Waals surface area contributed by atoms with Gasteiger partial charge in [-0.2, -0.15) is 0 Å². The van der Waals surface area contributed by atoms with E-state index in [1.165, 1.54) is 0 Å². The van der Waals surface area contributed by atoms with E-state index in [1.54, 1.807) is 11.3 Å². The van der Waals surface area contributed by atoms with Gasteiger partial charge in [-0.3, -0.25) is 0 Å². The molecule has 0 spiro atoms. The smallest absolute Gasteiger partial charge is 0.0982 e. The summed E-state index contributed by atoms with van der Waals surface area (Å²) in [5, 5.41) is 14.5. The Balaban J connectivity index is 2.06. The molecule has 2 aromatic rings. The standard InChI is InChI=1S/C12H19N5S/c1-12(2,3)11-14-10(8-18-11)7-17-6-9(5-13-4)15-16-17/h6,8,13H,5,7H2,1-4H3. The van der Waals surface area contributed by atoms with Crippen LogP contribution in [-0.2, 0) is 18.5 Å². The molecule has 1 N–H and O–H groups in total. The molecule has 0 fully saturated rings. The quantitative estimate of drug-likeness (QED) is 0.916. The first-order chi connectivity index (χ1) is 8.49. The highest BCUT2D eigenvalue weighted by molar-refractivity contribution is 7.09. The second kappa shape index (κ2) is 5.16. The first-order valence-corrected chi connectivity index (χ1v) is 6.85. The van der Waals surface area contributed by atoms with Gasteiger partial charge in [0, 0.05) is 17.3 Å². The van der Waals surface area contributed by atoms with Crippen molar-refractivity contribution in [3.05, 3.63) is 28.0 Å². The molecule has 0 aliphatic heterocycles. The molecule has 2 aromatic heterocycles. The SMILES string of the molecule is CNCc1cn(Cc2csc(C(C)(C)C)n2)nn1. The zero-order chi connectivity index (χ0) is 13.2. The summed E-state index contributed by atoms with van der Waals surface area (Å²) in [7, 11) is 1.90. The van der Waals surface area contributed by atoms with Crippen LogP contribution in [0.15, 0.2) is 11.6 Å². The van der Waals surface area contributed by atoms with E-state index in [-0.39, 0.29) is 5.41 Å². The van der Waals surface area contributed by atoms with Gasteiger partial charge in [-0.1, -0.05) is 26.0 Å². The van der Waals surface area contributed by atoms with E-state index in [9.17, 15) is 0 Å². The zero-order valence-corrected chi connectivity index (χ0v) is 12.1. The summed E-state index contributed by atoms with van der Waals surface area (Å²) in [5.74, 6) is 0. The van der Waals surface area contributed by atoms with E-state index in [4.69, 9.17) is 0 Å². The summed E-state index contributed by atoms with van der Waals surface area (Å²) < 4.78 is 1.83. The summed E-state index contributed by atoms with van der Waals surface area (Å²) in [4.78, 5) is 4.65. The third-order valence-electron chi connectivity index (χ3n) is 2.46. The minimum atomic E-state index is 0.114. The predicted molar refractivity (Wildman–Crippen MR) is 72.7 cm³/mol. The van der Waals surface area contributed by atoms with Crippen LogP contribution in [0.3, 0.4) is 0 Å². The monoisotopic (exact) mass is 265 g/mol. The van der Waals surface area contributed by atoms with Crippen molar-refractivity contribution in [2.24, 2.45) is 0 Å². The number of aromatic nitrogens is 4. The highest BCUT2D eigenvalue weighted by Crippen LogP contribution is 2.25. The summed E-state index contributed by atoms with van der Waals surface area (Å²) >= 11 is 1.71. The van der Waals surface area contributed by atoms with E-state index < -0.39 is 0 Å². The van der Waals surface area contributed by atoms with E-state index >= 15 is 0 Å². The minimum absolute atomic E-state index is 0.114. The van der Waals surface area contributed by atoms with Crippen LogP contribution >= 0.6 is 11.3 Å². The molecule has 5 nitrogen and oxygen atoms in total. The summed E-state index contributed by atoms with van der Waals surface area (Å²) in [6.45, 7) is 7.95. The van der Waals surface area contributed by atoms with Gasteiger partial charge < -0.3 is 5.32 Å². The molecule has 6 heteroatoms. The fourth-order valence-electron chi connectivity index (χ4n) is 1.57. The maximum Gasteiger partial charge on any atom is 0.0982 e. The van der Waals surface area contributed by atoms with Crippen LogP contribution in [0.4, 0.5) is 0 Å². The summed E-state index contributed by atoms with van der Waals surface area (Å²) in [5.41, 5.74) is 2.11. The van der Waals surface area contributed by atoms with Crippen molar-refractivity contribution >= 4 is 11.3 Å². The van der Waals surface area contributed by atoms with Crippen molar-refractivity contribution in [3.63, 3.8) is 0 Å². The van der Waals surface area contributed by atoms with E-state index in [2.05, 4.69) is 46.8 Å². The van der Waals surface area contributed by atoms with Gasteiger partial charge in [0.25, 0.3) is 0 Å². The molecule has 2 rings (SSSR count). The second-order valence-corrected chi connectivity index (χ2v) is 6.19. The largest absolute Gasteiger partial charge is 0.314 e. The van der Waals surface area contributed by atoms with Gasteiger partial charge in [0.1, 0.15) is 0 Å². The third-order valence-corrected chi connectivity index (χ3v) is 3.78. The van der Waals surface area contributed by atoms with Crippen LogP contribution < -0.4 is 5.32 Å². The molecule has 0 bridgehead atoms. The van der Waals surface area contributed by atoms with Gasteiger partial charge in [-0.05, 0) is 7.05 Å². The fourth-order valence-corrected chi connectivity index (χ4v) is 2.47. The summed E-state index contributed by atoms with van der Waals surface area (Å²) in [6, 6.07) is 0. The van der Waals surface area contributed by atoms with Gasteiger partial charge in [0.2, 0.25) is 0 Å². The lowest BCUT2D eigenvalue weighted by atomic mass is 9.98. The van der Waals surface area contributed by atoms with Gasteiger partial charge in [-0.25, -0.2) is 9.67 Å². The normalized spacial score (nSPS) is 12.0. The van der Waals surface area contributed by atoms with Crippen molar-refractivity contribution in [1.29, 1.82) is 0 Å². The molecule has 0 amide bonds. The number of hydrogen-bond donors (Lipinski definition) is 1. The molecule has 98 valence electrons. The lowest BCUT2D eigenvalue weighted by Gasteiger charge is -2.13. The Morgan fingerprint density at radius 3 is 2.72 bits per heavy atom. The van der Waals surface area contributed by atoms with Crippen molar-refractivity contribution in [3.8, 4) is 0 Å². The third kappa shape index (κ3) is 3.14. The Bertz CT molecular complexity index is 509. The Labute approximate surface area is 111 Å². The van der Waals surface area contributed by atoms with Crippen LogP contribution in [0.1, 0.15) is 37.2 Å². The maximum atomic E-state index is 4.65. The molecular weight excluding hydrogens is 246 g/mol. The average molecular weight is 265 g/mol. The lowest BCUT2D eigenvalue weighted by Crippen LogP contribution is -2.11. The molecule has 0 aliphatic carbocycles. The molecule has 2 heterocycles. The van der Waals surface area contributed by atoms with Crippen LogP contribution in [-0.4, -0.2) is 27.0 Å². The first kappa shape index (κ1) is 13.2.